The van der Waals surface area contributed by atoms with E-state index in [1.54, 1.807) is 0 Å². The minimum Gasteiger partial charge on any atom is -0.397 e. The average molecular weight is 561 g/mol. The molecule has 0 unspecified atom stereocenters. The molecular weight excluding hydrogens is 518 g/mol. The molecule has 38 heavy (non-hydrogen) atoms. The van der Waals surface area contributed by atoms with Gasteiger partial charge in [-0.1, -0.05) is 37.6 Å². The summed E-state index contributed by atoms with van der Waals surface area (Å²) in [4.78, 5) is 0. The number of halogens is 6. The minimum atomic E-state index is -5.52. The molecule has 0 bridgehead atoms. The first-order chi connectivity index (χ1) is 17.5. The summed E-state index contributed by atoms with van der Waals surface area (Å²) >= 11 is 0. The smallest absolute Gasteiger partial charge is 0.397 e. The zero-order valence-electron chi connectivity index (χ0n) is 23.1. The van der Waals surface area contributed by atoms with Gasteiger partial charge in [-0.25, -0.2) is 0 Å². The van der Waals surface area contributed by atoms with Crippen LogP contribution in [0.1, 0.15) is 87.3 Å². The van der Waals surface area contributed by atoms with E-state index < -0.39 is 32.7 Å². The Bertz CT molecular complexity index is 1010. The average Bonchev–Trinajstić information content (AvgIpc) is 3.20. The van der Waals surface area contributed by atoms with Crippen LogP contribution in [0.4, 0.5) is 26.3 Å². The topological polar surface area (TPSA) is 9.23 Å². The lowest BCUT2D eigenvalue weighted by Gasteiger charge is -2.56. The Labute approximate surface area is 224 Å². The SMILES string of the molecule is C=C[C@@]12CCc3cc(CCCCC(O[Si](C)(C)C)(C(F)(F)F)C(F)(F)F)ccc3[C@H]1CC[C@]1(C)CCC[C@H]12. The molecule has 0 saturated heterocycles. The van der Waals surface area contributed by atoms with Gasteiger partial charge in [0.25, 0.3) is 0 Å². The van der Waals surface area contributed by atoms with Crippen LogP contribution >= 0.6 is 0 Å². The summed E-state index contributed by atoms with van der Waals surface area (Å²) in [5.74, 6) is 1.09. The highest BCUT2D eigenvalue weighted by Gasteiger charge is 2.72. The van der Waals surface area contributed by atoms with Crippen LogP contribution in [0.25, 0.3) is 0 Å². The summed E-state index contributed by atoms with van der Waals surface area (Å²) in [6.07, 6.45) is -1.27. The summed E-state index contributed by atoms with van der Waals surface area (Å²) in [6, 6.07) is 6.35. The summed E-state index contributed by atoms with van der Waals surface area (Å²) in [5, 5.41) is 0. The quantitative estimate of drug-likeness (QED) is 0.133. The zero-order valence-corrected chi connectivity index (χ0v) is 24.1. The van der Waals surface area contributed by atoms with Gasteiger partial charge in [0, 0.05) is 0 Å². The fourth-order valence-electron chi connectivity index (χ4n) is 8.17. The van der Waals surface area contributed by atoms with Crippen molar-refractivity contribution in [3.05, 3.63) is 47.5 Å². The van der Waals surface area contributed by atoms with Crippen molar-refractivity contribution >= 4 is 8.32 Å². The van der Waals surface area contributed by atoms with E-state index in [0.717, 1.165) is 24.8 Å². The van der Waals surface area contributed by atoms with Crippen LogP contribution in [0.2, 0.25) is 19.6 Å². The Morgan fingerprint density at radius 3 is 2.29 bits per heavy atom. The van der Waals surface area contributed by atoms with Gasteiger partial charge in [-0.05, 0) is 123 Å². The number of benzene rings is 1. The lowest BCUT2D eigenvalue weighted by molar-refractivity contribution is -0.362. The molecule has 2 fully saturated rings. The van der Waals surface area contributed by atoms with Gasteiger partial charge in [0.1, 0.15) is 0 Å². The first-order valence-corrected chi connectivity index (χ1v) is 17.5. The molecule has 4 rings (SSSR count). The molecule has 0 amide bonds. The zero-order chi connectivity index (χ0) is 28.2. The number of rotatable bonds is 8. The van der Waals surface area contributed by atoms with E-state index in [4.69, 9.17) is 4.43 Å². The fourth-order valence-corrected chi connectivity index (χ4v) is 9.55. The fraction of sp³-hybridized carbons (Fsp3) is 0.733. The molecule has 8 heteroatoms. The van der Waals surface area contributed by atoms with E-state index in [-0.39, 0.29) is 18.3 Å². The van der Waals surface area contributed by atoms with E-state index in [9.17, 15) is 26.3 Å². The van der Waals surface area contributed by atoms with Crippen LogP contribution in [0.15, 0.2) is 30.9 Å². The highest BCUT2D eigenvalue weighted by molar-refractivity contribution is 6.69. The van der Waals surface area contributed by atoms with Crippen LogP contribution in [0.5, 0.6) is 0 Å². The third-order valence-corrected chi connectivity index (χ3v) is 10.8. The van der Waals surface area contributed by atoms with Crippen LogP contribution in [-0.4, -0.2) is 26.3 Å². The van der Waals surface area contributed by atoms with Gasteiger partial charge in [0.2, 0.25) is 5.60 Å². The van der Waals surface area contributed by atoms with Crippen LogP contribution in [0, 0.1) is 16.7 Å². The van der Waals surface area contributed by atoms with Crippen molar-refractivity contribution in [3.8, 4) is 0 Å². The van der Waals surface area contributed by atoms with E-state index in [2.05, 4.69) is 31.7 Å². The Kier molecular flexibility index (Phi) is 7.79. The van der Waals surface area contributed by atoms with Crippen molar-refractivity contribution in [2.24, 2.45) is 16.7 Å². The lowest BCUT2D eigenvalue weighted by atomic mass is 9.47. The molecule has 0 aromatic heterocycles. The molecule has 0 spiro atoms. The molecule has 214 valence electrons. The van der Waals surface area contributed by atoms with Gasteiger partial charge in [-0.3, -0.25) is 0 Å². The maximum Gasteiger partial charge on any atom is 0.425 e. The molecule has 4 atom stereocenters. The molecule has 0 radical (unpaired) electrons. The number of hydrogen-bond donors (Lipinski definition) is 0. The van der Waals surface area contributed by atoms with Crippen molar-refractivity contribution in [2.75, 3.05) is 0 Å². The maximum atomic E-state index is 13.8. The normalized spacial score (nSPS) is 29.9. The predicted molar refractivity (Wildman–Crippen MR) is 142 cm³/mol. The molecular formula is C30H42F6OSi. The number of hydrogen-bond acceptors (Lipinski definition) is 1. The molecule has 3 aliphatic carbocycles. The summed E-state index contributed by atoms with van der Waals surface area (Å²) < 4.78 is 87.7. The van der Waals surface area contributed by atoms with Gasteiger partial charge in [-0.2, -0.15) is 26.3 Å². The molecule has 1 nitrogen and oxygen atoms in total. The summed E-state index contributed by atoms with van der Waals surface area (Å²) in [5.41, 5.74) is 0.0339. The van der Waals surface area contributed by atoms with Crippen LogP contribution in [-0.2, 0) is 17.3 Å². The number of unbranched alkanes of at least 4 members (excludes halogenated alkanes) is 1. The molecule has 0 N–H and O–H groups in total. The number of allylic oxidation sites excluding steroid dienone is 1. The van der Waals surface area contributed by atoms with Crippen molar-refractivity contribution in [3.63, 3.8) is 0 Å². The Hall–Kier alpha value is -1.28. The second kappa shape index (κ2) is 9.97. The molecule has 0 heterocycles. The van der Waals surface area contributed by atoms with E-state index in [1.807, 2.05) is 6.07 Å². The monoisotopic (exact) mass is 560 g/mol. The van der Waals surface area contributed by atoms with Crippen molar-refractivity contribution < 1.29 is 30.8 Å². The lowest BCUT2D eigenvalue weighted by Crippen LogP contribution is -2.62. The first kappa shape index (κ1) is 29.7. The van der Waals surface area contributed by atoms with Gasteiger partial charge < -0.3 is 4.43 Å². The Morgan fingerprint density at radius 1 is 1.00 bits per heavy atom. The maximum absolute atomic E-state index is 13.8. The first-order valence-electron chi connectivity index (χ1n) is 14.1. The highest BCUT2D eigenvalue weighted by Crippen LogP contribution is 2.67. The third-order valence-electron chi connectivity index (χ3n) is 9.81. The molecule has 1 aromatic rings. The number of fused-ring (bicyclic) bond motifs is 5. The van der Waals surface area contributed by atoms with E-state index >= 15 is 0 Å². The van der Waals surface area contributed by atoms with Gasteiger partial charge in [0.15, 0.2) is 8.32 Å². The molecule has 2 saturated carbocycles. The van der Waals surface area contributed by atoms with Gasteiger partial charge in [0.05, 0.1) is 0 Å². The summed E-state index contributed by atoms with van der Waals surface area (Å²) in [6.45, 7) is 10.8. The standard InChI is InChI=1S/C30H42F6OSi/c1-6-27-19-14-22-20-21(12-13-23(22)24(27)15-18-26(2)16-9-11-25(26)27)10-7-8-17-28(29(31,32)33,30(34,35)36)37-38(3,4)5/h6,12-13,20,24-25H,1,7-11,14-19H2,2-5H3/t24-,25-,26+,27-/m1/s1. The largest absolute Gasteiger partial charge is 0.425 e. The second-order valence-corrected chi connectivity index (χ2v) is 17.7. The second-order valence-electron chi connectivity index (χ2n) is 13.3. The number of aryl methyl sites for hydroxylation is 2. The van der Waals surface area contributed by atoms with Crippen LogP contribution in [0.3, 0.4) is 0 Å². The summed E-state index contributed by atoms with van der Waals surface area (Å²) in [7, 11) is -3.14. The van der Waals surface area contributed by atoms with Gasteiger partial charge >= 0.3 is 12.4 Å². The number of alkyl halides is 6. The molecule has 0 aliphatic heterocycles. The van der Waals surface area contributed by atoms with Gasteiger partial charge in [-0.15, -0.1) is 6.58 Å². The van der Waals surface area contributed by atoms with Crippen molar-refractivity contribution in [1.29, 1.82) is 0 Å². The third kappa shape index (κ3) is 5.13. The Morgan fingerprint density at radius 2 is 1.68 bits per heavy atom. The minimum absolute atomic E-state index is 0.118. The Balaban J connectivity index is 1.47. The highest BCUT2D eigenvalue weighted by atomic mass is 28.4. The van der Waals surface area contributed by atoms with E-state index in [0.29, 0.717) is 23.7 Å². The van der Waals surface area contributed by atoms with E-state index in [1.165, 1.54) is 56.5 Å². The molecule has 3 aliphatic rings. The van der Waals surface area contributed by atoms with Crippen molar-refractivity contribution in [1.82, 2.24) is 0 Å². The van der Waals surface area contributed by atoms with Crippen molar-refractivity contribution in [2.45, 2.75) is 121 Å². The predicted octanol–water partition coefficient (Wildman–Crippen LogP) is 9.92. The molecule has 1 aromatic carbocycles. The van der Waals surface area contributed by atoms with Crippen LogP contribution < -0.4 is 0 Å².